The molecule has 22 heavy (non-hydrogen) atoms. The van der Waals surface area contributed by atoms with Gasteiger partial charge in [0.05, 0.1) is 18.2 Å². The summed E-state index contributed by atoms with van der Waals surface area (Å²) < 4.78 is 43.2. The molecule has 1 N–H and O–H groups in total. The molecule has 1 aromatic heterocycles. The first-order valence-corrected chi connectivity index (χ1v) is 6.40. The first-order valence-electron chi connectivity index (χ1n) is 6.40. The van der Waals surface area contributed by atoms with E-state index in [-0.39, 0.29) is 24.4 Å². The molecule has 1 aliphatic rings. The van der Waals surface area contributed by atoms with E-state index >= 15 is 0 Å². The number of nitrogens with zero attached hydrogens (tertiary/aromatic N) is 2. The van der Waals surface area contributed by atoms with Crippen LogP contribution in [0.2, 0.25) is 0 Å². The third-order valence-corrected chi connectivity index (χ3v) is 3.37. The second-order valence-corrected chi connectivity index (χ2v) is 4.81. The van der Waals surface area contributed by atoms with Crippen molar-refractivity contribution in [2.24, 2.45) is 0 Å². The number of carbonyl (C=O) groups excluding carboxylic acids is 1. The highest BCUT2D eigenvalue weighted by molar-refractivity contribution is 5.95. The van der Waals surface area contributed by atoms with Crippen molar-refractivity contribution in [2.45, 2.75) is 25.2 Å². The molecular formula is C13H13F3N2O4. The number of morpholine rings is 1. The van der Waals surface area contributed by atoms with Gasteiger partial charge in [0.15, 0.2) is 6.10 Å². The van der Waals surface area contributed by atoms with Gasteiger partial charge in [-0.2, -0.15) is 13.2 Å². The molecule has 6 nitrogen and oxygen atoms in total. The van der Waals surface area contributed by atoms with Gasteiger partial charge < -0.3 is 14.7 Å². The van der Waals surface area contributed by atoms with Crippen molar-refractivity contribution in [3.05, 3.63) is 29.6 Å². The van der Waals surface area contributed by atoms with Crippen LogP contribution in [-0.4, -0.2) is 58.3 Å². The standard InChI is InChI=1S/C13H13F3N2O4/c1-7-10(13(14,15)16)22-5-4-18(7)11(19)8-2-3-9(12(20)21)17-6-8/h2-3,6-7,10H,4-5H2,1H3,(H,20,21)/t7-,10-/m1/s1. The molecule has 0 spiro atoms. The normalized spacial score (nSPS) is 22.5. The van der Waals surface area contributed by atoms with Crippen molar-refractivity contribution in [3.63, 3.8) is 0 Å². The van der Waals surface area contributed by atoms with Crippen LogP contribution >= 0.6 is 0 Å². The first-order chi connectivity index (χ1) is 10.2. The van der Waals surface area contributed by atoms with Crippen LogP contribution in [0.15, 0.2) is 18.3 Å². The van der Waals surface area contributed by atoms with Gasteiger partial charge in [-0.05, 0) is 19.1 Å². The molecule has 2 rings (SSSR count). The lowest BCUT2D eigenvalue weighted by Crippen LogP contribution is -2.57. The van der Waals surface area contributed by atoms with Gasteiger partial charge in [0.2, 0.25) is 0 Å². The molecule has 0 aliphatic carbocycles. The zero-order valence-corrected chi connectivity index (χ0v) is 11.5. The molecule has 0 aromatic carbocycles. The summed E-state index contributed by atoms with van der Waals surface area (Å²) in [6.07, 6.45) is -5.57. The van der Waals surface area contributed by atoms with Crippen LogP contribution in [0.3, 0.4) is 0 Å². The van der Waals surface area contributed by atoms with Crippen molar-refractivity contribution >= 4 is 11.9 Å². The van der Waals surface area contributed by atoms with E-state index in [0.717, 1.165) is 17.2 Å². The number of aromatic nitrogens is 1. The average molecular weight is 318 g/mol. The Labute approximate surface area is 123 Å². The van der Waals surface area contributed by atoms with Crippen molar-refractivity contribution in [1.29, 1.82) is 0 Å². The van der Waals surface area contributed by atoms with Gasteiger partial charge in [-0.3, -0.25) is 4.79 Å². The minimum atomic E-state index is -4.57. The molecule has 9 heteroatoms. The second kappa shape index (κ2) is 5.91. The van der Waals surface area contributed by atoms with Crippen molar-refractivity contribution in [1.82, 2.24) is 9.88 Å². The van der Waals surface area contributed by atoms with Gasteiger partial charge in [-0.1, -0.05) is 0 Å². The van der Waals surface area contributed by atoms with Crippen LogP contribution in [0.5, 0.6) is 0 Å². The average Bonchev–Trinajstić information content (AvgIpc) is 2.45. The largest absolute Gasteiger partial charge is 0.477 e. The Hall–Kier alpha value is -2.16. The highest BCUT2D eigenvalue weighted by Crippen LogP contribution is 2.30. The number of aromatic carboxylic acids is 1. The summed E-state index contributed by atoms with van der Waals surface area (Å²) in [5, 5.41) is 8.73. The number of alkyl halides is 3. The predicted octanol–water partition coefficient (Wildman–Crippen LogP) is 1.57. The number of carbonyl (C=O) groups is 2. The van der Waals surface area contributed by atoms with Gasteiger partial charge >= 0.3 is 12.1 Å². The highest BCUT2D eigenvalue weighted by atomic mass is 19.4. The molecule has 120 valence electrons. The fourth-order valence-electron chi connectivity index (χ4n) is 2.25. The Bertz CT molecular complexity index is 574. The Morgan fingerprint density at radius 2 is 2.09 bits per heavy atom. The number of pyridine rings is 1. The molecule has 0 bridgehead atoms. The van der Waals surface area contributed by atoms with E-state index in [0.29, 0.717) is 0 Å². The van der Waals surface area contributed by atoms with Crippen LogP contribution in [0, 0.1) is 0 Å². The zero-order chi connectivity index (χ0) is 16.5. The smallest absolute Gasteiger partial charge is 0.416 e. The molecule has 0 unspecified atom stereocenters. The van der Waals surface area contributed by atoms with Crippen LogP contribution in [0.25, 0.3) is 0 Å². The lowest BCUT2D eigenvalue weighted by atomic mass is 10.1. The molecule has 2 heterocycles. The highest BCUT2D eigenvalue weighted by Gasteiger charge is 2.49. The molecular weight excluding hydrogens is 305 g/mol. The summed E-state index contributed by atoms with van der Waals surface area (Å²) in [4.78, 5) is 27.6. The lowest BCUT2D eigenvalue weighted by molar-refractivity contribution is -0.246. The number of amides is 1. The first kappa shape index (κ1) is 16.2. The second-order valence-electron chi connectivity index (χ2n) is 4.81. The third kappa shape index (κ3) is 3.19. The molecule has 0 saturated carbocycles. The summed E-state index contributed by atoms with van der Waals surface area (Å²) in [5.74, 6) is -1.90. The minimum Gasteiger partial charge on any atom is -0.477 e. The Kier molecular flexibility index (Phi) is 4.36. The predicted molar refractivity (Wildman–Crippen MR) is 67.5 cm³/mol. The van der Waals surface area contributed by atoms with Gasteiger partial charge in [0.1, 0.15) is 5.69 Å². The summed E-state index contributed by atoms with van der Waals surface area (Å²) in [7, 11) is 0. The maximum Gasteiger partial charge on any atom is 0.416 e. The van der Waals surface area contributed by atoms with E-state index in [1.165, 1.54) is 13.0 Å². The number of rotatable bonds is 2. The van der Waals surface area contributed by atoms with Gasteiger partial charge in [-0.25, -0.2) is 9.78 Å². The summed E-state index contributed by atoms with van der Waals surface area (Å²) in [5.41, 5.74) is -0.223. The maximum atomic E-state index is 12.8. The van der Waals surface area contributed by atoms with Crippen LogP contribution in [0.1, 0.15) is 27.8 Å². The molecule has 1 fully saturated rings. The van der Waals surface area contributed by atoms with Gasteiger partial charge in [0, 0.05) is 12.7 Å². The summed E-state index contributed by atoms with van der Waals surface area (Å²) in [6.45, 7) is 1.06. The summed E-state index contributed by atoms with van der Waals surface area (Å²) in [6, 6.07) is 1.17. The molecule has 1 saturated heterocycles. The van der Waals surface area contributed by atoms with E-state index < -0.39 is 30.2 Å². The fraction of sp³-hybridized carbons (Fsp3) is 0.462. The van der Waals surface area contributed by atoms with Crippen LogP contribution in [-0.2, 0) is 4.74 Å². The van der Waals surface area contributed by atoms with E-state index in [9.17, 15) is 22.8 Å². The Morgan fingerprint density at radius 3 is 2.59 bits per heavy atom. The van der Waals surface area contributed by atoms with E-state index in [4.69, 9.17) is 9.84 Å². The van der Waals surface area contributed by atoms with Gasteiger partial charge in [-0.15, -0.1) is 0 Å². The number of halogens is 3. The van der Waals surface area contributed by atoms with Crippen LogP contribution in [0.4, 0.5) is 13.2 Å². The molecule has 0 radical (unpaired) electrons. The topological polar surface area (TPSA) is 79.7 Å². The van der Waals surface area contributed by atoms with Crippen molar-refractivity contribution < 1.29 is 32.6 Å². The minimum absolute atomic E-state index is 0.0211. The number of hydrogen-bond donors (Lipinski definition) is 1. The fourth-order valence-corrected chi connectivity index (χ4v) is 2.25. The Balaban J connectivity index is 2.19. The number of carboxylic acid groups (broad SMARTS) is 1. The molecule has 1 aliphatic heterocycles. The van der Waals surface area contributed by atoms with Crippen molar-refractivity contribution in [3.8, 4) is 0 Å². The zero-order valence-electron chi connectivity index (χ0n) is 11.5. The number of hydrogen-bond acceptors (Lipinski definition) is 4. The number of carboxylic acids is 1. The number of ether oxygens (including phenoxy) is 1. The van der Waals surface area contributed by atoms with E-state index in [1.807, 2.05) is 0 Å². The monoisotopic (exact) mass is 318 g/mol. The molecule has 1 amide bonds. The van der Waals surface area contributed by atoms with Gasteiger partial charge in [0.25, 0.3) is 5.91 Å². The SMILES string of the molecule is C[C@@H]1[C@H](C(F)(F)F)OCCN1C(=O)c1ccc(C(=O)O)nc1. The maximum absolute atomic E-state index is 12.8. The molecule has 2 atom stereocenters. The third-order valence-electron chi connectivity index (χ3n) is 3.37. The van der Waals surface area contributed by atoms with Crippen LogP contribution < -0.4 is 0 Å². The summed E-state index contributed by atoms with van der Waals surface area (Å²) >= 11 is 0. The Morgan fingerprint density at radius 1 is 1.41 bits per heavy atom. The van der Waals surface area contributed by atoms with E-state index in [2.05, 4.69) is 4.98 Å². The van der Waals surface area contributed by atoms with Crippen molar-refractivity contribution in [2.75, 3.05) is 13.2 Å². The molecule has 1 aromatic rings. The lowest BCUT2D eigenvalue weighted by Gasteiger charge is -2.39. The van der Waals surface area contributed by atoms with E-state index in [1.54, 1.807) is 0 Å². The quantitative estimate of drug-likeness (QED) is 0.895.